The number of nitrogens with zero attached hydrogens (tertiary/aromatic N) is 3. The Bertz CT molecular complexity index is 1620. The van der Waals surface area contributed by atoms with Crippen LogP contribution in [0.25, 0.3) is 11.1 Å². The van der Waals surface area contributed by atoms with E-state index in [1.54, 1.807) is 24.3 Å². The third kappa shape index (κ3) is 8.83. The molecule has 3 aromatic carbocycles. The van der Waals surface area contributed by atoms with Gasteiger partial charge in [0.25, 0.3) is 17.2 Å². The topological polar surface area (TPSA) is 125 Å². The van der Waals surface area contributed by atoms with E-state index in [2.05, 4.69) is 29.9 Å². The highest BCUT2D eigenvalue weighted by Crippen LogP contribution is 2.32. The largest absolute Gasteiger partial charge is 0.390 e. The van der Waals surface area contributed by atoms with Crippen molar-refractivity contribution >= 4 is 53.0 Å². The number of carbonyl (C=O) groups excluding carboxylic acids is 2. The molecule has 4 rings (SSSR count). The van der Waals surface area contributed by atoms with E-state index in [4.69, 9.17) is 11.6 Å². The van der Waals surface area contributed by atoms with E-state index in [-0.39, 0.29) is 24.0 Å². The summed E-state index contributed by atoms with van der Waals surface area (Å²) in [4.78, 5) is 30.6. The van der Waals surface area contributed by atoms with Gasteiger partial charge in [0.15, 0.2) is 5.15 Å². The fraction of sp³-hybridized carbons (Fsp3) is 0.303. The van der Waals surface area contributed by atoms with Gasteiger partial charge in [-0.1, -0.05) is 97.7 Å². The van der Waals surface area contributed by atoms with Crippen LogP contribution in [0.4, 0.5) is 5.69 Å². The van der Waals surface area contributed by atoms with Crippen LogP contribution >= 0.6 is 24.2 Å². The Morgan fingerprint density at radius 2 is 1.73 bits per heavy atom. The van der Waals surface area contributed by atoms with Crippen molar-refractivity contribution < 1.29 is 23.5 Å². The van der Waals surface area contributed by atoms with Crippen LogP contribution in [0.1, 0.15) is 42.4 Å². The van der Waals surface area contributed by atoms with E-state index in [0.29, 0.717) is 29.4 Å². The molecule has 0 bridgehead atoms. The average molecular weight is 669 g/mol. The van der Waals surface area contributed by atoms with E-state index < -0.39 is 29.6 Å². The van der Waals surface area contributed by atoms with Gasteiger partial charge in [0.2, 0.25) is 5.91 Å². The number of benzene rings is 3. The lowest BCUT2D eigenvalue weighted by Crippen LogP contribution is -2.43. The molecule has 238 valence electrons. The minimum absolute atomic E-state index is 0.228. The predicted octanol–water partition coefficient (Wildman–Crippen LogP) is 5.46. The summed E-state index contributed by atoms with van der Waals surface area (Å²) in [7, 11) is 0. The van der Waals surface area contributed by atoms with Crippen molar-refractivity contribution in [2.75, 3.05) is 16.6 Å². The Balaban J connectivity index is 1.51. The summed E-state index contributed by atoms with van der Waals surface area (Å²) in [6.07, 6.45) is 3.14. The van der Waals surface area contributed by atoms with Crippen LogP contribution in [0, 0.1) is 5.92 Å². The lowest BCUT2D eigenvalue weighted by molar-refractivity contribution is -0.127. The number of unbranched alkanes of at least 4 members (excludes halogenated alkanes) is 1. The molecule has 1 heterocycles. The zero-order valence-electron chi connectivity index (χ0n) is 24.9. The van der Waals surface area contributed by atoms with E-state index in [1.165, 1.54) is 0 Å². The number of aromatic nitrogens is 2. The van der Waals surface area contributed by atoms with E-state index in [0.717, 1.165) is 46.1 Å². The van der Waals surface area contributed by atoms with Crippen molar-refractivity contribution in [3.05, 3.63) is 107 Å². The summed E-state index contributed by atoms with van der Waals surface area (Å²) >= 11 is 7.92. The Labute approximate surface area is 276 Å². The fourth-order valence-corrected chi connectivity index (χ4v) is 6.18. The first-order chi connectivity index (χ1) is 21.8. The van der Waals surface area contributed by atoms with Gasteiger partial charge in [-0.15, -0.1) is 0 Å². The first-order valence-electron chi connectivity index (χ1n) is 14.7. The molecule has 2 atom stereocenters. The standard InChI is InChI=1S/C33H37ClN4O5S2/c1-2-3-13-30-36-32(34)29(21-39)37(30)20-24-14-16-25(17-15-24)27-11-7-8-12-28(27)38(45(42)43)31(40)19-35-33(41)26(22-44)18-23-9-5-4-6-10-23/h4-12,14-17,26,39,44H,2-3,13,18-22H2,1H3,(H,35,41)(H,42,43). The molecule has 0 saturated carbocycles. The van der Waals surface area contributed by atoms with Crippen LogP contribution in [0.5, 0.6) is 0 Å². The highest BCUT2D eigenvalue weighted by Gasteiger charge is 2.26. The minimum Gasteiger partial charge on any atom is -0.390 e. The summed E-state index contributed by atoms with van der Waals surface area (Å²) in [5.41, 5.74) is 3.98. The molecule has 0 saturated heterocycles. The lowest BCUT2D eigenvalue weighted by Gasteiger charge is -2.22. The van der Waals surface area contributed by atoms with E-state index >= 15 is 0 Å². The summed E-state index contributed by atoms with van der Waals surface area (Å²) in [6, 6.07) is 23.9. The monoisotopic (exact) mass is 668 g/mol. The van der Waals surface area contributed by atoms with Gasteiger partial charge >= 0.3 is 0 Å². The Morgan fingerprint density at radius 3 is 2.38 bits per heavy atom. The first kappa shape index (κ1) is 34.4. The number of aliphatic hydroxyl groups excluding tert-OH is 1. The molecule has 0 fully saturated rings. The number of anilines is 1. The third-order valence-electron chi connectivity index (χ3n) is 7.45. The van der Waals surface area contributed by atoms with Gasteiger partial charge in [-0.25, -0.2) is 13.5 Å². The molecule has 0 aliphatic carbocycles. The van der Waals surface area contributed by atoms with Crippen LogP contribution < -0.4 is 9.62 Å². The van der Waals surface area contributed by atoms with Crippen molar-refractivity contribution in [3.8, 4) is 11.1 Å². The van der Waals surface area contributed by atoms with Gasteiger partial charge in [-0.2, -0.15) is 12.6 Å². The second-order valence-electron chi connectivity index (χ2n) is 10.5. The van der Waals surface area contributed by atoms with Gasteiger partial charge in [0, 0.05) is 24.3 Å². The minimum atomic E-state index is -2.69. The van der Waals surface area contributed by atoms with Crippen LogP contribution in [0.15, 0.2) is 78.9 Å². The number of rotatable bonds is 15. The van der Waals surface area contributed by atoms with Crippen molar-refractivity contribution in [3.63, 3.8) is 0 Å². The Kier molecular flexibility index (Phi) is 12.8. The molecular weight excluding hydrogens is 632 g/mol. The SMILES string of the molecule is CCCCc1nc(Cl)c(CO)n1Cc1ccc(-c2ccccc2N(C(=O)CNC(=O)C(CS)Cc2ccccc2)S(=O)O)cc1. The van der Waals surface area contributed by atoms with Crippen LogP contribution in [0.2, 0.25) is 5.15 Å². The number of para-hydroxylation sites is 1. The zero-order chi connectivity index (χ0) is 32.3. The van der Waals surface area contributed by atoms with Gasteiger partial charge in [-0.05, 0) is 35.6 Å². The molecule has 45 heavy (non-hydrogen) atoms. The molecule has 1 aromatic heterocycles. The van der Waals surface area contributed by atoms with Crippen molar-refractivity contribution in [2.24, 2.45) is 5.92 Å². The van der Waals surface area contributed by atoms with Crippen LogP contribution in [0.3, 0.4) is 0 Å². The van der Waals surface area contributed by atoms with E-state index in [9.17, 15) is 23.5 Å². The smallest absolute Gasteiger partial charge is 0.269 e. The molecule has 3 N–H and O–H groups in total. The summed E-state index contributed by atoms with van der Waals surface area (Å²) in [6.45, 7) is 1.87. The molecule has 4 aromatic rings. The molecule has 9 nitrogen and oxygen atoms in total. The number of nitrogens with one attached hydrogen (secondary N) is 1. The number of hydrogen-bond acceptors (Lipinski definition) is 6. The van der Waals surface area contributed by atoms with Gasteiger partial charge in [-0.3, -0.25) is 14.1 Å². The van der Waals surface area contributed by atoms with Crippen molar-refractivity contribution in [1.82, 2.24) is 14.9 Å². The lowest BCUT2D eigenvalue weighted by atomic mass is 10.0. The molecule has 2 amide bonds. The maximum Gasteiger partial charge on any atom is 0.269 e. The highest BCUT2D eigenvalue weighted by atomic mass is 35.5. The van der Waals surface area contributed by atoms with Gasteiger partial charge < -0.3 is 15.0 Å². The normalized spacial score (nSPS) is 12.5. The number of thiol groups is 1. The Hall–Kier alpha value is -3.48. The maximum absolute atomic E-state index is 13.3. The van der Waals surface area contributed by atoms with E-state index in [1.807, 2.05) is 59.2 Å². The second kappa shape index (κ2) is 16.7. The average Bonchev–Trinajstić information content (AvgIpc) is 3.35. The predicted molar refractivity (Wildman–Crippen MR) is 182 cm³/mol. The number of aliphatic hydroxyl groups is 1. The zero-order valence-corrected chi connectivity index (χ0v) is 27.4. The number of amides is 2. The molecule has 0 aliphatic heterocycles. The molecule has 0 spiro atoms. The molecular formula is C33H37ClN4O5S2. The third-order valence-corrected chi connectivity index (χ3v) is 8.90. The summed E-state index contributed by atoms with van der Waals surface area (Å²) < 4.78 is 25.4. The van der Waals surface area contributed by atoms with Crippen LogP contribution in [-0.2, 0) is 46.8 Å². The van der Waals surface area contributed by atoms with Crippen molar-refractivity contribution in [1.29, 1.82) is 0 Å². The number of hydrogen-bond donors (Lipinski definition) is 4. The first-order valence-corrected chi connectivity index (χ1v) is 16.7. The molecule has 12 heteroatoms. The van der Waals surface area contributed by atoms with Gasteiger partial charge in [0.05, 0.1) is 30.5 Å². The molecule has 0 radical (unpaired) electrons. The Morgan fingerprint density at radius 1 is 1.04 bits per heavy atom. The number of halogens is 1. The number of carbonyl (C=O) groups is 2. The van der Waals surface area contributed by atoms with Crippen molar-refractivity contribution in [2.45, 2.75) is 45.8 Å². The quantitative estimate of drug-likeness (QED) is 0.0985. The number of imidazole rings is 1. The van der Waals surface area contributed by atoms with Gasteiger partial charge in [0.1, 0.15) is 5.82 Å². The van der Waals surface area contributed by atoms with Crippen LogP contribution in [-0.4, -0.2) is 47.5 Å². The fourth-order valence-electron chi connectivity index (χ4n) is 5.06. The summed E-state index contributed by atoms with van der Waals surface area (Å²) in [5, 5.41) is 12.8. The molecule has 2 unspecified atom stereocenters. The highest BCUT2D eigenvalue weighted by molar-refractivity contribution is 7.81. The number of aryl methyl sites for hydroxylation is 1. The summed E-state index contributed by atoms with van der Waals surface area (Å²) in [5.74, 6) is -0.488. The maximum atomic E-state index is 13.3. The molecule has 0 aliphatic rings. The second-order valence-corrected chi connectivity index (χ2v) is 12.1.